The van der Waals surface area contributed by atoms with E-state index in [1.807, 2.05) is 18.2 Å². The summed E-state index contributed by atoms with van der Waals surface area (Å²) in [5.74, 6) is -0.873. The molecule has 0 saturated carbocycles. The van der Waals surface area contributed by atoms with Gasteiger partial charge in [-0.3, -0.25) is 9.59 Å². The molecule has 0 fully saturated rings. The first-order chi connectivity index (χ1) is 15.1. The average molecular weight is 444 g/mol. The highest BCUT2D eigenvalue weighted by Gasteiger charge is 2.28. The normalized spacial score (nSPS) is 12.3. The van der Waals surface area contributed by atoms with E-state index in [1.54, 1.807) is 6.92 Å². The van der Waals surface area contributed by atoms with Crippen LogP contribution in [0.4, 0.5) is 5.00 Å². The van der Waals surface area contributed by atoms with Crippen molar-refractivity contribution in [2.24, 2.45) is 0 Å². The van der Waals surface area contributed by atoms with Crippen molar-refractivity contribution >= 4 is 34.2 Å². The number of carbonyl (C=O) groups is 3. The third-order valence-electron chi connectivity index (χ3n) is 5.15. The minimum absolute atomic E-state index is 0.198. The van der Waals surface area contributed by atoms with Gasteiger partial charge in [-0.15, -0.1) is 11.3 Å². The highest BCUT2D eigenvalue weighted by Crippen LogP contribution is 2.39. The third kappa shape index (κ3) is 6.66. The minimum atomic E-state index is -0.378. The van der Waals surface area contributed by atoms with Gasteiger partial charge in [-0.2, -0.15) is 0 Å². The Morgan fingerprint density at radius 2 is 1.84 bits per heavy atom. The van der Waals surface area contributed by atoms with Gasteiger partial charge in [0, 0.05) is 17.7 Å². The van der Waals surface area contributed by atoms with Crippen LogP contribution in [0.5, 0.6) is 0 Å². The molecule has 6 nitrogen and oxygen atoms in total. The molecule has 0 saturated heterocycles. The number of benzene rings is 1. The number of hydrogen-bond donors (Lipinski definition) is 1. The Morgan fingerprint density at radius 1 is 1.03 bits per heavy atom. The van der Waals surface area contributed by atoms with Crippen molar-refractivity contribution in [2.75, 3.05) is 18.5 Å². The van der Waals surface area contributed by atoms with Crippen LogP contribution in [0, 0.1) is 0 Å². The smallest absolute Gasteiger partial charge is 0.341 e. The second-order valence-electron chi connectivity index (χ2n) is 7.49. The van der Waals surface area contributed by atoms with Crippen molar-refractivity contribution < 1.29 is 23.9 Å². The summed E-state index contributed by atoms with van der Waals surface area (Å²) in [6.45, 7) is 2.44. The molecule has 0 unspecified atom stereocenters. The number of amides is 1. The monoisotopic (exact) mass is 443 g/mol. The summed E-state index contributed by atoms with van der Waals surface area (Å²) >= 11 is 1.46. The molecule has 0 aliphatic heterocycles. The first-order valence-corrected chi connectivity index (χ1v) is 11.7. The molecular weight excluding hydrogens is 414 g/mol. The maximum atomic E-state index is 12.4. The maximum absolute atomic E-state index is 12.4. The number of carbonyl (C=O) groups excluding carboxylic acids is 3. The molecule has 0 spiro atoms. The topological polar surface area (TPSA) is 81.7 Å². The van der Waals surface area contributed by atoms with Crippen LogP contribution in [0.2, 0.25) is 0 Å². The van der Waals surface area contributed by atoms with Crippen LogP contribution in [0.1, 0.15) is 65.4 Å². The number of esters is 2. The third-order valence-corrected chi connectivity index (χ3v) is 6.36. The number of hydrogen-bond acceptors (Lipinski definition) is 6. The molecule has 31 heavy (non-hydrogen) atoms. The van der Waals surface area contributed by atoms with Crippen molar-refractivity contribution in [1.29, 1.82) is 0 Å². The summed E-state index contributed by atoms with van der Waals surface area (Å²) in [5, 5.41) is 3.42. The Labute approximate surface area is 186 Å². The Morgan fingerprint density at radius 3 is 2.61 bits per heavy atom. The maximum Gasteiger partial charge on any atom is 0.341 e. The number of thiophene rings is 1. The standard InChI is InChI=1S/C24H29NO5S/c1-2-29-24(28)22-18-12-6-13-19(18)31-23(22)25-20(26)14-7-15-21(27)30-16-8-11-17-9-4-3-5-10-17/h3-5,9-10H,2,6-8,11-16H2,1H3,(H,25,26). The van der Waals surface area contributed by atoms with Gasteiger partial charge in [0.25, 0.3) is 0 Å². The van der Waals surface area contributed by atoms with E-state index >= 15 is 0 Å². The second kappa shape index (κ2) is 11.6. The Kier molecular flexibility index (Phi) is 8.64. The van der Waals surface area contributed by atoms with Crippen LogP contribution in [-0.2, 0) is 38.3 Å². The molecule has 166 valence electrons. The van der Waals surface area contributed by atoms with Crippen molar-refractivity contribution in [3.05, 3.63) is 51.9 Å². The van der Waals surface area contributed by atoms with E-state index in [2.05, 4.69) is 17.4 Å². The zero-order valence-corrected chi connectivity index (χ0v) is 18.7. The lowest BCUT2D eigenvalue weighted by atomic mass is 10.1. The average Bonchev–Trinajstić information content (AvgIpc) is 3.33. The summed E-state index contributed by atoms with van der Waals surface area (Å²) in [6.07, 6.45) is 5.23. The second-order valence-corrected chi connectivity index (χ2v) is 8.60. The number of fused-ring (bicyclic) bond motifs is 1. The molecule has 1 amide bonds. The van der Waals surface area contributed by atoms with Crippen LogP contribution in [0.3, 0.4) is 0 Å². The van der Waals surface area contributed by atoms with Crippen molar-refractivity contribution in [2.45, 2.75) is 58.3 Å². The molecule has 3 rings (SSSR count). The Bertz CT molecular complexity index is 906. The lowest BCUT2D eigenvalue weighted by Gasteiger charge is -2.08. The van der Waals surface area contributed by atoms with E-state index in [4.69, 9.17) is 9.47 Å². The molecule has 7 heteroatoms. The van der Waals surface area contributed by atoms with Gasteiger partial charge in [-0.25, -0.2) is 4.79 Å². The van der Waals surface area contributed by atoms with Gasteiger partial charge in [0.1, 0.15) is 5.00 Å². The minimum Gasteiger partial charge on any atom is -0.466 e. The van der Waals surface area contributed by atoms with E-state index in [9.17, 15) is 14.4 Å². The zero-order chi connectivity index (χ0) is 22.1. The van der Waals surface area contributed by atoms with E-state index in [0.717, 1.165) is 42.5 Å². The van der Waals surface area contributed by atoms with Crippen LogP contribution >= 0.6 is 11.3 Å². The number of rotatable bonds is 11. The highest BCUT2D eigenvalue weighted by atomic mass is 32.1. The first kappa shape index (κ1) is 23.0. The van der Waals surface area contributed by atoms with Gasteiger partial charge in [-0.1, -0.05) is 30.3 Å². The first-order valence-electron chi connectivity index (χ1n) is 10.9. The van der Waals surface area contributed by atoms with Gasteiger partial charge < -0.3 is 14.8 Å². The summed E-state index contributed by atoms with van der Waals surface area (Å²) in [4.78, 5) is 37.8. The Balaban J connectivity index is 1.38. The molecule has 1 heterocycles. The van der Waals surface area contributed by atoms with Gasteiger partial charge in [0.05, 0.1) is 18.8 Å². The van der Waals surface area contributed by atoms with E-state index in [1.165, 1.54) is 16.9 Å². The molecule has 1 aliphatic carbocycles. The fourth-order valence-corrected chi connectivity index (χ4v) is 4.97. The summed E-state index contributed by atoms with van der Waals surface area (Å²) < 4.78 is 10.4. The fourth-order valence-electron chi connectivity index (χ4n) is 3.67. The number of ether oxygens (including phenoxy) is 2. The molecule has 2 aromatic rings. The highest BCUT2D eigenvalue weighted by molar-refractivity contribution is 7.17. The van der Waals surface area contributed by atoms with Gasteiger partial charge in [-0.05, 0) is 56.6 Å². The Hall–Kier alpha value is -2.67. The van der Waals surface area contributed by atoms with Crippen LogP contribution in [-0.4, -0.2) is 31.1 Å². The fraction of sp³-hybridized carbons (Fsp3) is 0.458. The molecule has 1 aromatic heterocycles. The van der Waals surface area contributed by atoms with Gasteiger partial charge >= 0.3 is 11.9 Å². The van der Waals surface area contributed by atoms with Crippen LogP contribution in [0.15, 0.2) is 30.3 Å². The molecule has 0 atom stereocenters. The lowest BCUT2D eigenvalue weighted by Crippen LogP contribution is -2.15. The molecule has 0 bridgehead atoms. The summed E-state index contributed by atoms with van der Waals surface area (Å²) in [5.41, 5.74) is 2.74. The van der Waals surface area contributed by atoms with E-state index in [0.29, 0.717) is 30.2 Å². The SMILES string of the molecule is CCOC(=O)c1c(NC(=O)CCCC(=O)OCCCc2ccccc2)sc2c1CCC2. The number of anilines is 1. The van der Waals surface area contributed by atoms with Gasteiger partial charge in [0.2, 0.25) is 5.91 Å². The zero-order valence-electron chi connectivity index (χ0n) is 17.9. The molecule has 1 N–H and O–H groups in total. The van der Waals surface area contributed by atoms with E-state index in [-0.39, 0.29) is 30.7 Å². The largest absolute Gasteiger partial charge is 0.466 e. The predicted molar refractivity (Wildman–Crippen MR) is 121 cm³/mol. The van der Waals surface area contributed by atoms with Crippen molar-refractivity contribution in [3.8, 4) is 0 Å². The van der Waals surface area contributed by atoms with Crippen LogP contribution < -0.4 is 5.32 Å². The quantitative estimate of drug-likeness (QED) is 0.402. The molecule has 1 aromatic carbocycles. The summed E-state index contributed by atoms with van der Waals surface area (Å²) in [7, 11) is 0. The van der Waals surface area contributed by atoms with Crippen molar-refractivity contribution in [1.82, 2.24) is 0 Å². The van der Waals surface area contributed by atoms with Crippen LogP contribution in [0.25, 0.3) is 0 Å². The lowest BCUT2D eigenvalue weighted by molar-refractivity contribution is -0.143. The molecule has 1 aliphatic rings. The number of aryl methyl sites for hydroxylation is 2. The predicted octanol–water partition coefficient (Wildman–Crippen LogP) is 4.70. The number of nitrogens with one attached hydrogen (secondary N) is 1. The summed E-state index contributed by atoms with van der Waals surface area (Å²) in [6, 6.07) is 10.1. The molecule has 0 radical (unpaired) electrons. The van der Waals surface area contributed by atoms with E-state index < -0.39 is 0 Å². The van der Waals surface area contributed by atoms with Gasteiger partial charge in [0.15, 0.2) is 0 Å². The van der Waals surface area contributed by atoms with Crippen molar-refractivity contribution in [3.63, 3.8) is 0 Å². The molecular formula is C24H29NO5S.